The Bertz CT molecular complexity index is 261. The quantitative estimate of drug-likeness (QED) is 0.821. The number of aliphatic hydroxyl groups excluding tert-OH is 1. The largest absolute Gasteiger partial charge is 0.395 e. The lowest BCUT2D eigenvalue weighted by Crippen LogP contribution is -2.47. The van der Waals surface area contributed by atoms with Crippen LogP contribution in [0.4, 0.5) is 0 Å². The van der Waals surface area contributed by atoms with Gasteiger partial charge in [-0.3, -0.25) is 4.79 Å². The molecule has 1 saturated carbocycles. The molecule has 17 heavy (non-hydrogen) atoms. The highest BCUT2D eigenvalue weighted by molar-refractivity contribution is 5.80. The molecule has 0 aliphatic heterocycles. The van der Waals surface area contributed by atoms with Crippen molar-refractivity contribution in [2.24, 2.45) is 11.3 Å². The van der Waals surface area contributed by atoms with Crippen molar-refractivity contribution in [3.8, 4) is 0 Å². The van der Waals surface area contributed by atoms with Gasteiger partial charge in [0.25, 0.3) is 0 Å². The van der Waals surface area contributed by atoms with Gasteiger partial charge in [-0.2, -0.15) is 0 Å². The van der Waals surface area contributed by atoms with E-state index < -0.39 is 0 Å². The van der Waals surface area contributed by atoms with Gasteiger partial charge < -0.3 is 10.0 Å². The summed E-state index contributed by atoms with van der Waals surface area (Å²) in [5.41, 5.74) is 0.109. The summed E-state index contributed by atoms with van der Waals surface area (Å²) in [4.78, 5) is 14.4. The van der Waals surface area contributed by atoms with Crippen LogP contribution >= 0.6 is 0 Å². The second-order valence-electron chi connectivity index (χ2n) is 6.14. The highest BCUT2D eigenvalue weighted by Gasteiger charge is 2.39. The fourth-order valence-corrected chi connectivity index (χ4v) is 2.88. The number of carbonyl (C=O) groups excluding carboxylic acids is 1. The molecule has 1 N–H and O–H groups in total. The van der Waals surface area contributed by atoms with Crippen LogP contribution in [0.3, 0.4) is 0 Å². The van der Waals surface area contributed by atoms with E-state index in [2.05, 4.69) is 13.8 Å². The van der Waals surface area contributed by atoms with Crippen LogP contribution in [0.15, 0.2) is 0 Å². The summed E-state index contributed by atoms with van der Waals surface area (Å²) in [7, 11) is 0. The Labute approximate surface area is 105 Å². The molecule has 1 amide bonds. The van der Waals surface area contributed by atoms with Gasteiger partial charge in [0.2, 0.25) is 5.91 Å². The fraction of sp³-hybridized carbons (Fsp3) is 0.929. The van der Waals surface area contributed by atoms with Crippen molar-refractivity contribution in [3.63, 3.8) is 0 Å². The summed E-state index contributed by atoms with van der Waals surface area (Å²) in [5, 5.41) is 9.07. The van der Waals surface area contributed by atoms with E-state index in [1.807, 2.05) is 18.7 Å². The van der Waals surface area contributed by atoms with Gasteiger partial charge in [0.1, 0.15) is 0 Å². The normalized spacial score (nSPS) is 23.8. The van der Waals surface area contributed by atoms with E-state index in [1.165, 1.54) is 6.42 Å². The van der Waals surface area contributed by atoms with Gasteiger partial charge in [0.15, 0.2) is 0 Å². The van der Waals surface area contributed by atoms with Crippen molar-refractivity contribution in [2.75, 3.05) is 13.2 Å². The van der Waals surface area contributed by atoms with Crippen molar-refractivity contribution in [1.29, 1.82) is 0 Å². The molecule has 0 heterocycles. The third-order valence-corrected chi connectivity index (χ3v) is 4.05. The maximum absolute atomic E-state index is 12.6. The van der Waals surface area contributed by atoms with Gasteiger partial charge in [0.05, 0.1) is 6.61 Å². The fourth-order valence-electron chi connectivity index (χ4n) is 2.88. The number of rotatable bonds is 4. The molecule has 1 fully saturated rings. The Hall–Kier alpha value is -0.570. The number of nitrogens with zero attached hydrogens (tertiary/aromatic N) is 1. The van der Waals surface area contributed by atoms with Crippen molar-refractivity contribution < 1.29 is 9.90 Å². The Morgan fingerprint density at radius 1 is 1.41 bits per heavy atom. The van der Waals surface area contributed by atoms with Crippen LogP contribution in [0, 0.1) is 11.3 Å². The summed E-state index contributed by atoms with van der Waals surface area (Å²) in [6.45, 7) is 8.95. The van der Waals surface area contributed by atoms with E-state index in [0.717, 1.165) is 19.3 Å². The number of aliphatic hydroxyl groups is 1. The van der Waals surface area contributed by atoms with Gasteiger partial charge in [0, 0.05) is 18.5 Å². The zero-order valence-corrected chi connectivity index (χ0v) is 11.7. The molecule has 1 rings (SSSR count). The topological polar surface area (TPSA) is 40.5 Å². The number of hydrogen-bond acceptors (Lipinski definition) is 2. The minimum atomic E-state index is 0.0526. The summed E-state index contributed by atoms with van der Waals surface area (Å²) in [6, 6.07) is 0.173. The molecule has 0 aromatic carbocycles. The Morgan fingerprint density at radius 3 is 2.53 bits per heavy atom. The van der Waals surface area contributed by atoms with Crippen LogP contribution in [-0.2, 0) is 4.79 Å². The lowest BCUT2D eigenvalue weighted by Gasteiger charge is -2.41. The zero-order chi connectivity index (χ0) is 13.1. The van der Waals surface area contributed by atoms with E-state index >= 15 is 0 Å². The highest BCUT2D eigenvalue weighted by Crippen LogP contribution is 2.41. The molecule has 1 aliphatic carbocycles. The smallest absolute Gasteiger partial charge is 0.226 e. The third kappa shape index (κ3) is 3.44. The second kappa shape index (κ2) is 5.85. The number of amides is 1. The monoisotopic (exact) mass is 241 g/mol. The van der Waals surface area contributed by atoms with Gasteiger partial charge in [-0.25, -0.2) is 0 Å². The average molecular weight is 241 g/mol. The van der Waals surface area contributed by atoms with Crippen molar-refractivity contribution in [1.82, 2.24) is 4.90 Å². The van der Waals surface area contributed by atoms with Crippen molar-refractivity contribution in [3.05, 3.63) is 0 Å². The number of hydrogen-bond donors (Lipinski definition) is 1. The van der Waals surface area contributed by atoms with Gasteiger partial charge in [-0.1, -0.05) is 26.7 Å². The summed E-state index contributed by atoms with van der Waals surface area (Å²) in [6.07, 6.45) is 4.53. The minimum absolute atomic E-state index is 0.0526. The van der Waals surface area contributed by atoms with Gasteiger partial charge in [-0.15, -0.1) is 0 Å². The minimum Gasteiger partial charge on any atom is -0.395 e. The first-order chi connectivity index (χ1) is 7.90. The summed E-state index contributed by atoms with van der Waals surface area (Å²) in [5.74, 6) is 0.365. The molecule has 0 bridgehead atoms. The molecule has 3 nitrogen and oxygen atoms in total. The molecule has 0 aromatic rings. The Kier molecular flexibility index (Phi) is 4.99. The first kappa shape index (κ1) is 14.5. The lowest BCUT2D eigenvalue weighted by molar-refractivity contribution is -0.143. The molecular weight excluding hydrogens is 214 g/mol. The van der Waals surface area contributed by atoms with Gasteiger partial charge in [-0.05, 0) is 32.1 Å². The highest BCUT2D eigenvalue weighted by atomic mass is 16.3. The van der Waals surface area contributed by atoms with E-state index in [9.17, 15) is 4.79 Å². The molecule has 3 heteroatoms. The Morgan fingerprint density at radius 2 is 2.06 bits per heavy atom. The van der Waals surface area contributed by atoms with E-state index in [-0.39, 0.29) is 29.9 Å². The first-order valence-electron chi connectivity index (χ1n) is 6.81. The van der Waals surface area contributed by atoms with Gasteiger partial charge >= 0.3 is 0 Å². The first-order valence-corrected chi connectivity index (χ1v) is 6.81. The molecule has 0 radical (unpaired) electrons. The van der Waals surface area contributed by atoms with E-state index in [4.69, 9.17) is 5.11 Å². The van der Waals surface area contributed by atoms with Crippen molar-refractivity contribution >= 4 is 5.91 Å². The lowest BCUT2D eigenvalue weighted by atomic mass is 9.68. The molecule has 0 saturated heterocycles. The standard InChI is InChI=1S/C14H27NO2/c1-11(2)15(9-10-16)13(17)12-7-5-6-8-14(12,3)4/h11-12,16H,5-10H2,1-4H3. The molecule has 0 spiro atoms. The molecule has 100 valence electrons. The van der Waals surface area contributed by atoms with Crippen LogP contribution in [0.25, 0.3) is 0 Å². The molecule has 1 unspecified atom stereocenters. The van der Waals surface area contributed by atoms with E-state index in [0.29, 0.717) is 6.54 Å². The van der Waals surface area contributed by atoms with Crippen LogP contribution in [0.2, 0.25) is 0 Å². The average Bonchev–Trinajstić information content (AvgIpc) is 2.24. The molecule has 0 aromatic heterocycles. The third-order valence-electron chi connectivity index (χ3n) is 4.05. The SMILES string of the molecule is CC(C)N(CCO)C(=O)C1CCCCC1(C)C. The van der Waals surface area contributed by atoms with E-state index in [1.54, 1.807) is 0 Å². The van der Waals surface area contributed by atoms with Crippen LogP contribution in [0.5, 0.6) is 0 Å². The molecule has 1 atom stereocenters. The maximum Gasteiger partial charge on any atom is 0.226 e. The maximum atomic E-state index is 12.6. The molecule has 1 aliphatic rings. The Balaban J connectivity index is 2.78. The zero-order valence-electron chi connectivity index (χ0n) is 11.7. The summed E-state index contributed by atoms with van der Waals surface area (Å²) >= 11 is 0. The van der Waals surface area contributed by atoms with Crippen LogP contribution in [0.1, 0.15) is 53.4 Å². The summed E-state index contributed by atoms with van der Waals surface area (Å²) < 4.78 is 0. The van der Waals surface area contributed by atoms with Crippen LogP contribution in [-0.4, -0.2) is 35.1 Å². The predicted molar refractivity (Wildman–Crippen MR) is 69.7 cm³/mol. The number of carbonyl (C=O) groups is 1. The second-order valence-corrected chi connectivity index (χ2v) is 6.14. The van der Waals surface area contributed by atoms with Crippen LogP contribution < -0.4 is 0 Å². The molecular formula is C14H27NO2. The predicted octanol–water partition coefficient (Wildman–Crippen LogP) is 2.43. The van der Waals surface area contributed by atoms with Crippen molar-refractivity contribution in [2.45, 2.75) is 59.4 Å².